The first kappa shape index (κ1) is 19.5. The molecule has 1 aliphatic rings. The van der Waals surface area contributed by atoms with Gasteiger partial charge in [-0.3, -0.25) is 14.5 Å². The van der Waals surface area contributed by atoms with E-state index in [1.54, 1.807) is 52.0 Å². The number of hydrogen-bond acceptors (Lipinski definition) is 6. The van der Waals surface area contributed by atoms with Crippen LogP contribution < -0.4 is 0 Å². The van der Waals surface area contributed by atoms with E-state index >= 15 is 0 Å². The van der Waals surface area contributed by atoms with Crippen molar-refractivity contribution in [2.45, 2.75) is 33.8 Å². The number of carbonyl (C=O) groups is 3. The van der Waals surface area contributed by atoms with Gasteiger partial charge in [0.05, 0.1) is 24.9 Å². The maximum atomic E-state index is 12.4. The number of ether oxygens (including phenoxy) is 3. The molecule has 140 valence electrons. The fraction of sp³-hybridized carbons (Fsp3) is 0.421. The first-order valence-electron chi connectivity index (χ1n) is 8.55. The molecule has 0 aliphatic carbocycles. The largest absolute Gasteiger partial charge is 0.484 e. The highest BCUT2D eigenvalue weighted by molar-refractivity contribution is 6.15. The Hall–Kier alpha value is -2.83. The predicted octanol–water partition coefficient (Wildman–Crippen LogP) is 2.36. The molecule has 0 unspecified atom stereocenters. The van der Waals surface area contributed by atoms with E-state index in [2.05, 4.69) is 0 Å². The minimum absolute atomic E-state index is 0.126. The molecule has 0 atom stereocenters. The van der Waals surface area contributed by atoms with Crippen molar-refractivity contribution in [3.63, 3.8) is 0 Å². The summed E-state index contributed by atoms with van der Waals surface area (Å²) in [6, 6.07) is 6.74. The van der Waals surface area contributed by atoms with Crippen LogP contribution in [0.4, 0.5) is 0 Å². The normalized spacial score (nSPS) is 13.6. The summed E-state index contributed by atoms with van der Waals surface area (Å²) in [4.78, 5) is 37.8. The van der Waals surface area contributed by atoms with E-state index in [0.717, 1.165) is 0 Å². The lowest BCUT2D eigenvalue weighted by Crippen LogP contribution is -2.46. The molecular weight excluding hydrogens is 338 g/mol. The molecule has 0 spiro atoms. The topological polar surface area (TPSA) is 82.1 Å². The number of rotatable bonds is 8. The fourth-order valence-electron chi connectivity index (χ4n) is 2.57. The zero-order chi connectivity index (χ0) is 19.3. The van der Waals surface area contributed by atoms with Crippen LogP contribution in [0.15, 0.2) is 30.0 Å². The van der Waals surface area contributed by atoms with Crippen molar-refractivity contribution in [1.82, 2.24) is 4.90 Å². The summed E-state index contributed by atoms with van der Waals surface area (Å²) in [6.07, 6.45) is -0.233. The summed E-state index contributed by atoms with van der Waals surface area (Å²) in [5, 5.41) is 0. The van der Waals surface area contributed by atoms with E-state index in [-0.39, 0.29) is 31.6 Å². The number of carbonyl (C=O) groups excluding carboxylic acids is 3. The van der Waals surface area contributed by atoms with Gasteiger partial charge in [-0.25, -0.2) is 4.79 Å². The van der Waals surface area contributed by atoms with Gasteiger partial charge in [0.25, 0.3) is 5.91 Å². The Morgan fingerprint density at radius 1 is 1.08 bits per heavy atom. The van der Waals surface area contributed by atoms with Crippen molar-refractivity contribution in [3.05, 3.63) is 41.2 Å². The molecule has 0 saturated heterocycles. The molecule has 1 aromatic carbocycles. The van der Waals surface area contributed by atoms with Crippen molar-refractivity contribution in [1.29, 1.82) is 0 Å². The zero-order valence-corrected chi connectivity index (χ0v) is 15.4. The molecule has 1 aromatic rings. The van der Waals surface area contributed by atoms with Gasteiger partial charge in [-0.2, -0.15) is 0 Å². The van der Waals surface area contributed by atoms with Crippen LogP contribution in [0.2, 0.25) is 0 Å². The lowest BCUT2D eigenvalue weighted by molar-refractivity contribution is -0.148. The molecule has 26 heavy (non-hydrogen) atoms. The van der Waals surface area contributed by atoms with Crippen molar-refractivity contribution < 1.29 is 28.6 Å². The van der Waals surface area contributed by atoms with Crippen LogP contribution in [0, 0.1) is 0 Å². The first-order valence-corrected chi connectivity index (χ1v) is 8.55. The molecule has 1 heterocycles. The van der Waals surface area contributed by atoms with Crippen LogP contribution in [0.25, 0.3) is 5.70 Å². The van der Waals surface area contributed by atoms with Crippen molar-refractivity contribution >= 4 is 23.5 Å². The lowest BCUT2D eigenvalue weighted by Gasteiger charge is -2.36. The summed E-state index contributed by atoms with van der Waals surface area (Å²) in [5.41, 5.74) is 1.17. The number of esters is 2. The van der Waals surface area contributed by atoms with Gasteiger partial charge in [0, 0.05) is 5.56 Å². The third-order valence-corrected chi connectivity index (χ3v) is 3.55. The van der Waals surface area contributed by atoms with E-state index in [9.17, 15) is 14.4 Å². The monoisotopic (exact) mass is 361 g/mol. The highest BCUT2D eigenvalue weighted by Crippen LogP contribution is 2.37. The molecule has 1 aliphatic heterocycles. The Morgan fingerprint density at radius 2 is 1.73 bits per heavy atom. The maximum Gasteiger partial charge on any atom is 0.338 e. The second kappa shape index (κ2) is 8.51. The molecule has 0 radical (unpaired) electrons. The van der Waals surface area contributed by atoms with E-state index in [0.29, 0.717) is 16.8 Å². The highest BCUT2D eigenvalue weighted by Gasteiger charge is 2.42. The Labute approximate surface area is 152 Å². The maximum absolute atomic E-state index is 12.4. The van der Waals surface area contributed by atoms with Gasteiger partial charge >= 0.3 is 11.9 Å². The molecule has 7 nitrogen and oxygen atoms in total. The molecule has 2 rings (SSSR count). The number of benzene rings is 1. The minimum atomic E-state index is -0.532. The van der Waals surface area contributed by atoms with Gasteiger partial charge in [-0.15, -0.1) is 0 Å². The molecule has 0 bridgehead atoms. The van der Waals surface area contributed by atoms with Crippen LogP contribution in [-0.4, -0.2) is 48.6 Å². The summed E-state index contributed by atoms with van der Waals surface area (Å²) >= 11 is 0. The lowest BCUT2D eigenvalue weighted by atomic mass is 9.97. The Bertz CT molecular complexity index is 737. The minimum Gasteiger partial charge on any atom is -0.484 e. The van der Waals surface area contributed by atoms with E-state index in [1.165, 1.54) is 4.90 Å². The van der Waals surface area contributed by atoms with Gasteiger partial charge in [0.1, 0.15) is 12.2 Å². The molecule has 0 saturated carbocycles. The zero-order valence-electron chi connectivity index (χ0n) is 15.4. The third kappa shape index (κ3) is 4.04. The fourth-order valence-corrected chi connectivity index (χ4v) is 2.57. The summed E-state index contributed by atoms with van der Waals surface area (Å²) in [6.45, 7) is 7.20. The SMILES string of the molecule is CCOC(=O)CN1C(=O)C(OC(C)C)=C1c1ccccc1C(=O)OCC. The number of hydrogen-bond donors (Lipinski definition) is 0. The quantitative estimate of drug-likeness (QED) is 0.661. The van der Waals surface area contributed by atoms with Crippen LogP contribution >= 0.6 is 0 Å². The Balaban J connectivity index is 2.46. The van der Waals surface area contributed by atoms with Crippen LogP contribution in [0.1, 0.15) is 43.6 Å². The van der Waals surface area contributed by atoms with Crippen molar-refractivity contribution in [2.75, 3.05) is 19.8 Å². The van der Waals surface area contributed by atoms with Gasteiger partial charge in [-0.1, -0.05) is 18.2 Å². The average molecular weight is 361 g/mol. The standard InChI is InChI=1S/C19H23NO6/c1-5-24-15(21)11-20-16(17(18(20)22)26-12(3)4)13-9-7-8-10-14(13)19(23)25-6-2/h7-10,12H,5-6,11H2,1-4H3. The summed E-state index contributed by atoms with van der Waals surface area (Å²) in [5.74, 6) is -1.33. The molecule has 0 N–H and O–H groups in total. The number of nitrogens with zero attached hydrogens (tertiary/aromatic N) is 1. The second-order valence-corrected chi connectivity index (χ2v) is 5.81. The average Bonchev–Trinajstić information content (AvgIpc) is 2.60. The van der Waals surface area contributed by atoms with Crippen LogP contribution in [-0.2, 0) is 23.8 Å². The van der Waals surface area contributed by atoms with Crippen molar-refractivity contribution in [2.24, 2.45) is 0 Å². The van der Waals surface area contributed by atoms with Crippen LogP contribution in [0.5, 0.6) is 0 Å². The van der Waals surface area contributed by atoms with Gasteiger partial charge in [-0.05, 0) is 33.8 Å². The Kier molecular flexibility index (Phi) is 6.38. The molecular formula is C19H23NO6. The smallest absolute Gasteiger partial charge is 0.338 e. The van der Waals surface area contributed by atoms with Crippen LogP contribution in [0.3, 0.4) is 0 Å². The summed E-state index contributed by atoms with van der Waals surface area (Å²) in [7, 11) is 0. The second-order valence-electron chi connectivity index (χ2n) is 5.81. The number of amides is 1. The van der Waals surface area contributed by atoms with E-state index in [1.807, 2.05) is 0 Å². The molecule has 0 aromatic heterocycles. The van der Waals surface area contributed by atoms with Gasteiger partial charge < -0.3 is 14.2 Å². The van der Waals surface area contributed by atoms with E-state index in [4.69, 9.17) is 14.2 Å². The van der Waals surface area contributed by atoms with E-state index < -0.39 is 17.8 Å². The first-order chi connectivity index (χ1) is 12.4. The highest BCUT2D eigenvalue weighted by atomic mass is 16.5. The molecule has 7 heteroatoms. The summed E-state index contributed by atoms with van der Waals surface area (Å²) < 4.78 is 15.6. The molecule has 0 fully saturated rings. The Morgan fingerprint density at radius 3 is 2.35 bits per heavy atom. The van der Waals surface area contributed by atoms with Gasteiger partial charge in [0.15, 0.2) is 0 Å². The van der Waals surface area contributed by atoms with Crippen molar-refractivity contribution in [3.8, 4) is 0 Å². The molecule has 1 amide bonds. The predicted molar refractivity (Wildman–Crippen MR) is 93.9 cm³/mol. The third-order valence-electron chi connectivity index (χ3n) is 3.55. The van der Waals surface area contributed by atoms with Gasteiger partial charge in [0.2, 0.25) is 5.76 Å².